The van der Waals surface area contributed by atoms with Crippen molar-refractivity contribution in [2.75, 3.05) is 17.3 Å². The molecule has 1 fully saturated rings. The Balaban J connectivity index is 2.36. The minimum atomic E-state index is -4.45. The van der Waals surface area contributed by atoms with Crippen LogP contribution in [0.2, 0.25) is 0 Å². The summed E-state index contributed by atoms with van der Waals surface area (Å²) in [6.07, 6.45) is -4.45. The van der Waals surface area contributed by atoms with E-state index in [-0.39, 0.29) is 24.0 Å². The third kappa shape index (κ3) is 2.87. The maximum absolute atomic E-state index is 12.7. The van der Waals surface area contributed by atoms with Gasteiger partial charge in [-0.05, 0) is 40.8 Å². The second-order valence-corrected chi connectivity index (χ2v) is 7.68. The van der Waals surface area contributed by atoms with Crippen LogP contribution in [0.25, 0.3) is 0 Å². The van der Waals surface area contributed by atoms with Crippen molar-refractivity contribution in [2.24, 2.45) is 5.92 Å². The molecular formula is C12H9Cl2F3INO. The highest BCUT2D eigenvalue weighted by molar-refractivity contribution is 14.1. The largest absolute Gasteiger partial charge is 0.416 e. The van der Waals surface area contributed by atoms with Crippen molar-refractivity contribution in [3.63, 3.8) is 0 Å². The molecule has 0 radical (unpaired) electrons. The summed E-state index contributed by atoms with van der Waals surface area (Å²) in [5.74, 6) is -0.605. The van der Waals surface area contributed by atoms with Crippen molar-refractivity contribution in [3.05, 3.63) is 29.8 Å². The molecule has 8 heteroatoms. The number of anilines is 1. The molecule has 2 nitrogen and oxygen atoms in total. The molecule has 1 aliphatic rings. The number of carbonyl (C=O) groups is 1. The van der Waals surface area contributed by atoms with Crippen molar-refractivity contribution in [1.82, 2.24) is 0 Å². The van der Waals surface area contributed by atoms with Gasteiger partial charge in [-0.2, -0.15) is 13.2 Å². The maximum atomic E-state index is 12.7. The van der Waals surface area contributed by atoms with E-state index in [0.717, 1.165) is 12.1 Å². The van der Waals surface area contributed by atoms with Crippen molar-refractivity contribution in [2.45, 2.75) is 9.06 Å². The Morgan fingerprint density at radius 3 is 2.60 bits per heavy atom. The first-order valence-electron chi connectivity index (χ1n) is 5.61. The zero-order chi connectivity index (χ0) is 15.1. The number of hydrogen-bond donors (Lipinski definition) is 0. The molecule has 0 N–H and O–H groups in total. The molecule has 1 amide bonds. The Bertz CT molecular complexity index is 536. The molecule has 1 aliphatic heterocycles. The molecule has 0 saturated carbocycles. The van der Waals surface area contributed by atoms with Crippen LogP contribution in [-0.4, -0.2) is 21.2 Å². The molecule has 1 aromatic rings. The smallest absolute Gasteiger partial charge is 0.310 e. The first-order valence-corrected chi connectivity index (χ1v) is 7.60. The first-order chi connectivity index (χ1) is 9.17. The van der Waals surface area contributed by atoms with Gasteiger partial charge in [0.1, 0.15) is 0 Å². The van der Waals surface area contributed by atoms with E-state index < -0.39 is 20.5 Å². The monoisotopic (exact) mass is 437 g/mol. The number of carbonyl (C=O) groups excluding carboxylic acids is 1. The molecule has 2 atom stereocenters. The third-order valence-corrected chi connectivity index (χ3v) is 5.30. The summed E-state index contributed by atoms with van der Waals surface area (Å²) in [6, 6.07) is 4.62. The number of hydrogen-bond acceptors (Lipinski definition) is 1. The van der Waals surface area contributed by atoms with Gasteiger partial charge >= 0.3 is 6.18 Å². The lowest BCUT2D eigenvalue weighted by Crippen LogP contribution is -2.33. The van der Waals surface area contributed by atoms with Crippen molar-refractivity contribution in [1.29, 1.82) is 0 Å². The van der Waals surface area contributed by atoms with Crippen LogP contribution in [0.3, 0.4) is 0 Å². The minimum absolute atomic E-state index is 0.160. The van der Waals surface area contributed by atoms with Crippen LogP contribution in [0.5, 0.6) is 0 Å². The molecule has 20 heavy (non-hydrogen) atoms. The third-order valence-electron chi connectivity index (χ3n) is 3.12. The van der Waals surface area contributed by atoms with Gasteiger partial charge in [0.15, 0.2) is 2.88 Å². The number of nitrogens with zero attached hydrogens (tertiary/aromatic N) is 1. The molecule has 0 spiro atoms. The normalized spacial score (nSPS) is 27.2. The molecule has 2 unspecified atom stereocenters. The van der Waals surface area contributed by atoms with Crippen molar-refractivity contribution in [3.8, 4) is 0 Å². The fourth-order valence-corrected chi connectivity index (χ4v) is 3.62. The van der Waals surface area contributed by atoms with Crippen molar-refractivity contribution < 1.29 is 18.0 Å². The van der Waals surface area contributed by atoms with Crippen LogP contribution in [0.15, 0.2) is 24.3 Å². The Morgan fingerprint density at radius 2 is 2.10 bits per heavy atom. The van der Waals surface area contributed by atoms with Gasteiger partial charge in [0.25, 0.3) is 5.91 Å². The molecular weight excluding hydrogens is 429 g/mol. The van der Waals surface area contributed by atoms with Crippen LogP contribution in [0.1, 0.15) is 5.56 Å². The average molecular weight is 438 g/mol. The average Bonchev–Trinajstić information content (AvgIpc) is 2.60. The Morgan fingerprint density at radius 1 is 1.45 bits per heavy atom. The fraction of sp³-hybridized carbons (Fsp3) is 0.417. The lowest BCUT2D eigenvalue weighted by atomic mass is 10.1. The zero-order valence-electron chi connectivity index (χ0n) is 9.92. The highest BCUT2D eigenvalue weighted by Crippen LogP contribution is 2.44. The molecule has 0 aliphatic carbocycles. The zero-order valence-corrected chi connectivity index (χ0v) is 13.6. The van der Waals surface area contributed by atoms with E-state index in [0.29, 0.717) is 0 Å². The quantitative estimate of drug-likeness (QED) is 0.499. The number of rotatable bonds is 2. The van der Waals surface area contributed by atoms with E-state index in [1.807, 2.05) is 0 Å². The van der Waals surface area contributed by atoms with Crippen LogP contribution < -0.4 is 4.90 Å². The number of amides is 1. The Kier molecular flexibility index (Phi) is 4.47. The van der Waals surface area contributed by atoms with E-state index in [9.17, 15) is 18.0 Å². The van der Waals surface area contributed by atoms with E-state index >= 15 is 0 Å². The van der Waals surface area contributed by atoms with Gasteiger partial charge in [-0.25, -0.2) is 0 Å². The van der Waals surface area contributed by atoms with Crippen LogP contribution in [-0.2, 0) is 11.0 Å². The summed E-state index contributed by atoms with van der Waals surface area (Å²) in [6.45, 7) is 0.204. The Labute approximate surface area is 137 Å². The number of halogens is 6. The second kappa shape index (κ2) is 5.53. The van der Waals surface area contributed by atoms with Gasteiger partial charge in [0.05, 0.1) is 5.56 Å². The lowest BCUT2D eigenvalue weighted by molar-refractivity contribution is -0.137. The van der Waals surface area contributed by atoms with Crippen LogP contribution >= 0.6 is 45.8 Å². The molecule has 1 aromatic carbocycles. The van der Waals surface area contributed by atoms with Gasteiger partial charge in [-0.3, -0.25) is 4.79 Å². The van der Waals surface area contributed by atoms with E-state index in [1.165, 1.54) is 17.0 Å². The highest BCUT2D eigenvalue weighted by Gasteiger charge is 2.51. The van der Waals surface area contributed by atoms with Gasteiger partial charge in [0.2, 0.25) is 0 Å². The lowest BCUT2D eigenvalue weighted by Gasteiger charge is -2.19. The van der Waals surface area contributed by atoms with Gasteiger partial charge in [-0.1, -0.05) is 17.7 Å². The molecule has 0 bridgehead atoms. The van der Waals surface area contributed by atoms with E-state index in [4.69, 9.17) is 23.2 Å². The predicted octanol–water partition coefficient (Wildman–Crippen LogP) is 4.28. The van der Waals surface area contributed by atoms with E-state index in [2.05, 4.69) is 0 Å². The molecule has 2 rings (SSSR count). The fourth-order valence-electron chi connectivity index (χ4n) is 1.99. The Hall–Kier alpha value is -0.210. The molecule has 110 valence electrons. The summed E-state index contributed by atoms with van der Waals surface area (Å²) < 4.78 is 36.9. The maximum Gasteiger partial charge on any atom is 0.416 e. The topological polar surface area (TPSA) is 20.3 Å². The van der Waals surface area contributed by atoms with Gasteiger partial charge in [0, 0.05) is 24.0 Å². The summed E-state index contributed by atoms with van der Waals surface area (Å²) in [4.78, 5) is 13.5. The predicted molar refractivity (Wildman–Crippen MR) is 80.6 cm³/mol. The minimum Gasteiger partial charge on any atom is -0.310 e. The standard InChI is InChI=1S/C12H9Cl2F3INO/c13-5-8-6-19(10(20)11(8,14)18)9-3-1-2-7(4-9)12(15,16)17/h1-4,8H,5-6H2. The van der Waals surface area contributed by atoms with Crippen LogP contribution in [0, 0.1) is 5.92 Å². The number of alkyl halides is 6. The first kappa shape index (κ1) is 16.2. The molecule has 0 aromatic heterocycles. The van der Waals surface area contributed by atoms with Crippen LogP contribution in [0.4, 0.5) is 18.9 Å². The number of benzene rings is 1. The van der Waals surface area contributed by atoms with Gasteiger partial charge in [-0.15, -0.1) is 11.6 Å². The second-order valence-electron chi connectivity index (χ2n) is 4.44. The summed E-state index contributed by atoms with van der Waals surface area (Å²) in [5.41, 5.74) is -0.620. The summed E-state index contributed by atoms with van der Waals surface area (Å²) in [5, 5.41) is 0. The van der Waals surface area contributed by atoms with E-state index in [1.54, 1.807) is 22.6 Å². The summed E-state index contributed by atoms with van der Waals surface area (Å²) >= 11 is 13.7. The SMILES string of the molecule is O=C1N(c2cccc(C(F)(F)F)c2)CC(CCl)C1(Cl)I. The molecule has 1 heterocycles. The summed E-state index contributed by atoms with van der Waals surface area (Å²) in [7, 11) is 0. The van der Waals surface area contributed by atoms with Gasteiger partial charge < -0.3 is 4.90 Å². The molecule has 1 saturated heterocycles. The van der Waals surface area contributed by atoms with Crippen molar-refractivity contribution >= 4 is 57.4 Å². The highest BCUT2D eigenvalue weighted by atomic mass is 127.